The standard InChI is InChI=1S/C8H15O5P/c1-4-7(8(9)10)14(11,12-5-2)13-6-3/h4H,5-6H2,1-3H3,(H,9,10). The summed E-state index contributed by atoms with van der Waals surface area (Å²) in [5.41, 5.74) is 0. The fraction of sp³-hybridized carbons (Fsp3) is 0.625. The van der Waals surface area contributed by atoms with E-state index in [1.54, 1.807) is 13.8 Å². The highest BCUT2D eigenvalue weighted by Gasteiger charge is 2.33. The third-order valence-corrected chi connectivity index (χ3v) is 3.62. The Labute approximate surface area is 83.3 Å². The van der Waals surface area contributed by atoms with Gasteiger partial charge in [-0.1, -0.05) is 6.08 Å². The molecule has 0 aromatic rings. The minimum absolute atomic E-state index is 0.141. The minimum Gasteiger partial charge on any atom is -0.477 e. The number of allylic oxidation sites excluding steroid dienone is 1. The second-order valence-corrected chi connectivity index (χ2v) is 4.31. The van der Waals surface area contributed by atoms with Gasteiger partial charge in [0.25, 0.3) is 0 Å². The van der Waals surface area contributed by atoms with Crippen LogP contribution < -0.4 is 0 Å². The Morgan fingerprint density at radius 3 is 2.00 bits per heavy atom. The van der Waals surface area contributed by atoms with E-state index in [4.69, 9.17) is 14.2 Å². The van der Waals surface area contributed by atoms with Gasteiger partial charge in [-0.25, -0.2) is 4.79 Å². The van der Waals surface area contributed by atoms with Crippen molar-refractivity contribution < 1.29 is 23.5 Å². The molecule has 0 aliphatic heterocycles. The lowest BCUT2D eigenvalue weighted by molar-refractivity contribution is -0.132. The van der Waals surface area contributed by atoms with Crippen LogP contribution in [0.2, 0.25) is 0 Å². The first-order valence-electron chi connectivity index (χ1n) is 4.31. The lowest BCUT2D eigenvalue weighted by Crippen LogP contribution is -2.06. The van der Waals surface area contributed by atoms with Crippen molar-refractivity contribution in [3.63, 3.8) is 0 Å². The topological polar surface area (TPSA) is 72.8 Å². The zero-order valence-corrected chi connectivity index (χ0v) is 9.41. The molecule has 0 bridgehead atoms. The minimum atomic E-state index is -3.62. The van der Waals surface area contributed by atoms with Crippen molar-refractivity contribution in [1.82, 2.24) is 0 Å². The molecule has 0 aliphatic carbocycles. The molecular weight excluding hydrogens is 207 g/mol. The van der Waals surface area contributed by atoms with E-state index in [9.17, 15) is 9.36 Å². The Balaban J connectivity index is 4.97. The molecule has 6 heteroatoms. The largest absolute Gasteiger partial charge is 0.477 e. The predicted molar refractivity (Wildman–Crippen MR) is 52.3 cm³/mol. The third kappa shape index (κ3) is 3.25. The van der Waals surface area contributed by atoms with Crippen LogP contribution in [0.3, 0.4) is 0 Å². The smallest absolute Gasteiger partial charge is 0.368 e. The quantitative estimate of drug-likeness (QED) is 0.551. The van der Waals surface area contributed by atoms with Crippen molar-refractivity contribution in [2.75, 3.05) is 13.2 Å². The fourth-order valence-corrected chi connectivity index (χ4v) is 2.50. The zero-order chi connectivity index (χ0) is 11.2. The van der Waals surface area contributed by atoms with Gasteiger partial charge < -0.3 is 14.2 Å². The van der Waals surface area contributed by atoms with Crippen molar-refractivity contribution >= 4 is 13.6 Å². The van der Waals surface area contributed by atoms with Crippen molar-refractivity contribution in [3.05, 3.63) is 11.4 Å². The van der Waals surface area contributed by atoms with E-state index >= 15 is 0 Å². The van der Waals surface area contributed by atoms with E-state index in [2.05, 4.69) is 0 Å². The van der Waals surface area contributed by atoms with Crippen molar-refractivity contribution in [3.8, 4) is 0 Å². The Bertz CT molecular complexity index is 261. The molecule has 1 N–H and O–H groups in total. The van der Waals surface area contributed by atoms with Crippen molar-refractivity contribution in [2.45, 2.75) is 20.8 Å². The Morgan fingerprint density at radius 1 is 1.36 bits per heavy atom. The number of aliphatic carboxylic acids is 1. The first-order chi connectivity index (χ1) is 6.51. The SMILES string of the molecule is CC=C(C(=O)O)P(=O)(OCC)OCC. The number of hydrogen-bond donors (Lipinski definition) is 1. The average molecular weight is 222 g/mol. The molecular formula is C8H15O5P. The molecule has 0 heterocycles. The summed E-state index contributed by atoms with van der Waals surface area (Å²) in [6, 6.07) is 0. The average Bonchev–Trinajstić information content (AvgIpc) is 2.04. The van der Waals surface area contributed by atoms with Crippen molar-refractivity contribution in [1.29, 1.82) is 0 Å². The first-order valence-corrected chi connectivity index (χ1v) is 5.85. The van der Waals surface area contributed by atoms with Crippen LogP contribution in [0.4, 0.5) is 0 Å². The van der Waals surface area contributed by atoms with Gasteiger partial charge in [-0.15, -0.1) is 0 Å². The van der Waals surface area contributed by atoms with Gasteiger partial charge in [0.1, 0.15) is 5.31 Å². The lowest BCUT2D eigenvalue weighted by Gasteiger charge is -2.16. The van der Waals surface area contributed by atoms with Gasteiger partial charge in [0, 0.05) is 0 Å². The molecule has 0 spiro atoms. The molecule has 0 radical (unpaired) electrons. The highest BCUT2D eigenvalue weighted by Crippen LogP contribution is 2.55. The van der Waals surface area contributed by atoms with E-state index in [1.807, 2.05) is 0 Å². The maximum Gasteiger partial charge on any atom is 0.368 e. The van der Waals surface area contributed by atoms with Gasteiger partial charge in [0.05, 0.1) is 13.2 Å². The van der Waals surface area contributed by atoms with Crippen LogP contribution in [0.5, 0.6) is 0 Å². The second kappa shape index (κ2) is 5.96. The van der Waals surface area contributed by atoms with Gasteiger partial charge in [0.2, 0.25) is 0 Å². The molecule has 0 saturated carbocycles. The van der Waals surface area contributed by atoms with Crippen LogP contribution in [0.1, 0.15) is 20.8 Å². The maximum atomic E-state index is 11.9. The summed E-state index contributed by atoms with van der Waals surface area (Å²) in [4.78, 5) is 10.7. The van der Waals surface area contributed by atoms with Gasteiger partial charge in [-0.2, -0.15) is 0 Å². The first kappa shape index (κ1) is 13.4. The maximum absolute atomic E-state index is 11.9. The molecule has 0 aliphatic rings. The summed E-state index contributed by atoms with van der Waals surface area (Å²) in [5.74, 6) is -1.28. The lowest BCUT2D eigenvalue weighted by atomic mass is 10.5. The van der Waals surface area contributed by atoms with E-state index in [-0.39, 0.29) is 18.5 Å². The molecule has 0 aromatic heterocycles. The summed E-state index contributed by atoms with van der Waals surface area (Å²) in [7, 11) is -3.62. The van der Waals surface area contributed by atoms with Gasteiger partial charge in [-0.3, -0.25) is 4.57 Å². The highest BCUT2D eigenvalue weighted by molar-refractivity contribution is 7.59. The molecule has 0 atom stereocenters. The highest BCUT2D eigenvalue weighted by atomic mass is 31.2. The number of hydrogen-bond acceptors (Lipinski definition) is 4. The molecule has 0 amide bonds. The molecule has 5 nitrogen and oxygen atoms in total. The zero-order valence-electron chi connectivity index (χ0n) is 8.52. The molecule has 82 valence electrons. The van der Waals surface area contributed by atoms with Gasteiger partial charge in [-0.05, 0) is 20.8 Å². The van der Waals surface area contributed by atoms with Crippen LogP contribution in [0.15, 0.2) is 11.4 Å². The van der Waals surface area contributed by atoms with E-state index in [1.165, 1.54) is 13.0 Å². The summed E-state index contributed by atoms with van der Waals surface area (Å²) < 4.78 is 21.6. The van der Waals surface area contributed by atoms with Crippen LogP contribution in [0.25, 0.3) is 0 Å². The molecule has 0 rings (SSSR count). The predicted octanol–water partition coefficient (Wildman–Crippen LogP) is 2.24. The van der Waals surface area contributed by atoms with E-state index in [0.29, 0.717) is 0 Å². The molecule has 0 fully saturated rings. The summed E-state index contributed by atoms with van der Waals surface area (Å²) in [6.45, 7) is 5.01. The monoisotopic (exact) mass is 222 g/mol. The van der Waals surface area contributed by atoms with Crippen LogP contribution >= 0.6 is 7.60 Å². The summed E-state index contributed by atoms with van der Waals surface area (Å²) in [5, 5.41) is 8.44. The third-order valence-electron chi connectivity index (χ3n) is 1.39. The van der Waals surface area contributed by atoms with Crippen molar-refractivity contribution in [2.24, 2.45) is 0 Å². The summed E-state index contributed by atoms with van der Waals surface area (Å²) >= 11 is 0. The number of carboxylic acids is 1. The van der Waals surface area contributed by atoms with Crippen LogP contribution in [0, 0.1) is 0 Å². The Morgan fingerprint density at radius 2 is 1.79 bits per heavy atom. The van der Waals surface area contributed by atoms with Crippen LogP contribution in [-0.2, 0) is 18.4 Å². The Kier molecular flexibility index (Phi) is 5.69. The second-order valence-electron chi connectivity index (χ2n) is 2.31. The molecule has 14 heavy (non-hydrogen) atoms. The number of rotatable bonds is 6. The van der Waals surface area contributed by atoms with Gasteiger partial charge in [0.15, 0.2) is 0 Å². The number of carboxylic acid groups (broad SMARTS) is 1. The van der Waals surface area contributed by atoms with E-state index < -0.39 is 13.6 Å². The van der Waals surface area contributed by atoms with Gasteiger partial charge >= 0.3 is 13.6 Å². The normalized spacial score (nSPS) is 12.9. The number of carbonyl (C=O) groups is 1. The Hall–Kier alpha value is -0.640. The fourth-order valence-electron chi connectivity index (χ4n) is 0.915. The molecule has 0 unspecified atom stereocenters. The molecule has 0 aromatic carbocycles. The van der Waals surface area contributed by atoms with E-state index in [0.717, 1.165) is 0 Å². The summed E-state index contributed by atoms with van der Waals surface area (Å²) in [6.07, 6.45) is 1.23. The molecule has 0 saturated heterocycles. The van der Waals surface area contributed by atoms with Crippen LogP contribution in [-0.4, -0.2) is 24.3 Å².